The van der Waals surface area contributed by atoms with E-state index in [1.807, 2.05) is 25.1 Å². The number of ether oxygens (including phenoxy) is 1. The minimum absolute atomic E-state index is 0.528. The Morgan fingerprint density at radius 3 is 2.89 bits per heavy atom. The molecule has 19 heavy (non-hydrogen) atoms. The maximum Gasteiger partial charge on any atom is 0.218 e. The van der Waals surface area contributed by atoms with Gasteiger partial charge in [0.25, 0.3) is 0 Å². The van der Waals surface area contributed by atoms with Crippen molar-refractivity contribution in [1.82, 2.24) is 9.97 Å². The van der Waals surface area contributed by atoms with Crippen molar-refractivity contribution in [3.05, 3.63) is 47.3 Å². The van der Waals surface area contributed by atoms with Crippen molar-refractivity contribution < 1.29 is 4.74 Å². The van der Waals surface area contributed by atoms with Crippen LogP contribution in [0.15, 0.2) is 30.3 Å². The average Bonchev–Trinajstić information content (AvgIpc) is 2.44. The number of nitriles is 1. The third-order valence-electron chi connectivity index (χ3n) is 2.55. The summed E-state index contributed by atoms with van der Waals surface area (Å²) in [6.45, 7) is 2.40. The Hall–Kier alpha value is -2.61. The van der Waals surface area contributed by atoms with Crippen LogP contribution < -0.4 is 10.1 Å². The molecule has 0 aliphatic carbocycles. The molecule has 0 fully saturated rings. The number of hydrogen-bond acceptors (Lipinski definition) is 5. The first kappa shape index (κ1) is 12.8. The van der Waals surface area contributed by atoms with Crippen LogP contribution in [0.4, 0.5) is 5.82 Å². The van der Waals surface area contributed by atoms with Gasteiger partial charge in [-0.3, -0.25) is 0 Å². The highest BCUT2D eigenvalue weighted by atomic mass is 16.5. The summed E-state index contributed by atoms with van der Waals surface area (Å²) in [5, 5.41) is 12.0. The summed E-state index contributed by atoms with van der Waals surface area (Å²) in [6.07, 6.45) is 0. The smallest absolute Gasteiger partial charge is 0.218 e. The van der Waals surface area contributed by atoms with E-state index < -0.39 is 0 Å². The zero-order valence-electron chi connectivity index (χ0n) is 10.8. The molecule has 2 rings (SSSR count). The lowest BCUT2D eigenvalue weighted by Crippen LogP contribution is -2.04. The lowest BCUT2D eigenvalue weighted by atomic mass is 10.1. The Labute approximate surface area is 111 Å². The monoisotopic (exact) mass is 254 g/mol. The third kappa shape index (κ3) is 3.42. The molecule has 0 bridgehead atoms. The number of methoxy groups -OCH3 is 1. The van der Waals surface area contributed by atoms with Crippen molar-refractivity contribution in [2.45, 2.75) is 13.5 Å². The van der Waals surface area contributed by atoms with E-state index in [1.54, 1.807) is 19.2 Å². The van der Waals surface area contributed by atoms with Gasteiger partial charge in [0.2, 0.25) is 5.88 Å². The largest absolute Gasteiger partial charge is 0.481 e. The van der Waals surface area contributed by atoms with Crippen molar-refractivity contribution in [3.8, 4) is 11.9 Å². The molecule has 1 aromatic carbocycles. The fraction of sp³-hybridized carbons (Fsp3) is 0.214. The van der Waals surface area contributed by atoms with Crippen molar-refractivity contribution in [3.63, 3.8) is 0 Å². The van der Waals surface area contributed by atoms with Crippen LogP contribution in [0.3, 0.4) is 0 Å². The van der Waals surface area contributed by atoms with Crippen LogP contribution in [0.25, 0.3) is 0 Å². The van der Waals surface area contributed by atoms with Gasteiger partial charge in [-0.15, -0.1) is 0 Å². The van der Waals surface area contributed by atoms with E-state index in [9.17, 15) is 0 Å². The molecule has 2 aromatic rings. The topological polar surface area (TPSA) is 70.8 Å². The molecule has 0 unspecified atom stereocenters. The van der Waals surface area contributed by atoms with Gasteiger partial charge in [0.05, 0.1) is 18.7 Å². The molecule has 96 valence electrons. The Bertz CT molecular complexity index is 619. The molecule has 0 spiro atoms. The minimum Gasteiger partial charge on any atom is -0.481 e. The number of anilines is 1. The Morgan fingerprint density at radius 1 is 1.32 bits per heavy atom. The second kappa shape index (κ2) is 5.83. The predicted molar refractivity (Wildman–Crippen MR) is 71.8 cm³/mol. The van der Waals surface area contributed by atoms with E-state index in [4.69, 9.17) is 10.00 Å². The fourth-order valence-corrected chi connectivity index (χ4v) is 1.68. The summed E-state index contributed by atoms with van der Waals surface area (Å²) in [6, 6.07) is 11.3. The molecule has 0 amide bonds. The average molecular weight is 254 g/mol. The van der Waals surface area contributed by atoms with E-state index >= 15 is 0 Å². The van der Waals surface area contributed by atoms with Gasteiger partial charge in [0, 0.05) is 12.6 Å². The number of aryl methyl sites for hydroxylation is 1. The molecular weight excluding hydrogens is 240 g/mol. The number of benzene rings is 1. The van der Waals surface area contributed by atoms with Gasteiger partial charge in [-0.2, -0.15) is 10.2 Å². The second-order valence-electron chi connectivity index (χ2n) is 4.01. The van der Waals surface area contributed by atoms with Crippen LogP contribution >= 0.6 is 0 Å². The van der Waals surface area contributed by atoms with E-state index in [0.29, 0.717) is 29.6 Å². The molecule has 0 aliphatic rings. The second-order valence-corrected chi connectivity index (χ2v) is 4.01. The number of nitrogens with one attached hydrogen (secondary N) is 1. The number of nitrogens with zero attached hydrogens (tertiary/aromatic N) is 3. The van der Waals surface area contributed by atoms with E-state index in [1.165, 1.54) is 0 Å². The first-order chi connectivity index (χ1) is 9.21. The van der Waals surface area contributed by atoms with Crippen molar-refractivity contribution in [2.75, 3.05) is 12.4 Å². The van der Waals surface area contributed by atoms with Gasteiger partial charge < -0.3 is 10.1 Å². The fourth-order valence-electron chi connectivity index (χ4n) is 1.68. The molecule has 1 aromatic heterocycles. The zero-order valence-corrected chi connectivity index (χ0v) is 10.8. The third-order valence-corrected chi connectivity index (χ3v) is 2.55. The summed E-state index contributed by atoms with van der Waals surface area (Å²) in [5.41, 5.74) is 1.67. The van der Waals surface area contributed by atoms with Crippen LogP contribution in [0, 0.1) is 18.3 Å². The molecular formula is C14H14N4O. The highest BCUT2D eigenvalue weighted by Gasteiger charge is 2.02. The van der Waals surface area contributed by atoms with Gasteiger partial charge in [-0.05, 0) is 24.6 Å². The maximum absolute atomic E-state index is 8.84. The number of rotatable bonds is 4. The number of aromatic nitrogens is 2. The molecule has 0 atom stereocenters. The van der Waals surface area contributed by atoms with Crippen molar-refractivity contribution in [1.29, 1.82) is 5.26 Å². The van der Waals surface area contributed by atoms with E-state index in [-0.39, 0.29) is 0 Å². The Kier molecular flexibility index (Phi) is 3.94. The molecule has 0 aliphatic heterocycles. The van der Waals surface area contributed by atoms with Crippen LogP contribution in [0.1, 0.15) is 17.0 Å². The number of hydrogen-bond donors (Lipinski definition) is 1. The van der Waals surface area contributed by atoms with Gasteiger partial charge in [-0.25, -0.2) is 4.98 Å². The van der Waals surface area contributed by atoms with Gasteiger partial charge >= 0.3 is 0 Å². The lowest BCUT2D eigenvalue weighted by Gasteiger charge is -2.08. The predicted octanol–water partition coefficient (Wildman–Crippen LogP) is 2.28. The molecule has 0 radical (unpaired) electrons. The summed E-state index contributed by atoms with van der Waals surface area (Å²) >= 11 is 0. The first-order valence-electron chi connectivity index (χ1n) is 5.84. The Morgan fingerprint density at radius 2 is 2.16 bits per heavy atom. The normalized spacial score (nSPS) is 9.74. The molecule has 5 heteroatoms. The van der Waals surface area contributed by atoms with Crippen molar-refractivity contribution >= 4 is 5.82 Å². The SMILES string of the molecule is COc1cc(NCc2cccc(C#N)c2)nc(C)n1. The van der Waals surface area contributed by atoms with Crippen molar-refractivity contribution in [2.24, 2.45) is 0 Å². The Balaban J connectivity index is 2.10. The summed E-state index contributed by atoms with van der Waals surface area (Å²) < 4.78 is 5.09. The lowest BCUT2D eigenvalue weighted by molar-refractivity contribution is 0.396. The molecule has 0 saturated carbocycles. The van der Waals surface area contributed by atoms with Crippen LogP contribution in [-0.2, 0) is 6.54 Å². The minimum atomic E-state index is 0.528. The van der Waals surface area contributed by atoms with E-state index in [0.717, 1.165) is 5.56 Å². The van der Waals surface area contributed by atoms with Crippen LogP contribution in [0.5, 0.6) is 5.88 Å². The zero-order chi connectivity index (χ0) is 13.7. The maximum atomic E-state index is 8.84. The highest BCUT2D eigenvalue weighted by molar-refractivity contribution is 5.40. The van der Waals surface area contributed by atoms with Gasteiger partial charge in [-0.1, -0.05) is 12.1 Å². The molecule has 5 nitrogen and oxygen atoms in total. The molecule has 0 saturated heterocycles. The summed E-state index contributed by atoms with van der Waals surface area (Å²) in [4.78, 5) is 8.39. The molecule has 1 N–H and O–H groups in total. The van der Waals surface area contributed by atoms with E-state index in [2.05, 4.69) is 21.4 Å². The summed E-state index contributed by atoms with van der Waals surface area (Å²) in [7, 11) is 1.57. The van der Waals surface area contributed by atoms with Crippen LogP contribution in [-0.4, -0.2) is 17.1 Å². The quantitative estimate of drug-likeness (QED) is 0.906. The standard InChI is InChI=1S/C14H14N4O/c1-10-17-13(7-14(18-10)19-2)16-9-12-5-3-4-11(6-12)8-15/h3-7H,9H2,1-2H3,(H,16,17,18). The molecule has 1 heterocycles. The highest BCUT2D eigenvalue weighted by Crippen LogP contribution is 2.14. The summed E-state index contributed by atoms with van der Waals surface area (Å²) in [5.74, 6) is 1.88. The van der Waals surface area contributed by atoms with Gasteiger partial charge in [0.1, 0.15) is 11.6 Å². The van der Waals surface area contributed by atoms with Gasteiger partial charge in [0.15, 0.2) is 0 Å². The first-order valence-corrected chi connectivity index (χ1v) is 5.84. The van der Waals surface area contributed by atoms with Crippen LogP contribution in [0.2, 0.25) is 0 Å².